The number of aromatic nitrogens is 2. The van der Waals surface area contributed by atoms with E-state index < -0.39 is 0 Å². The highest BCUT2D eigenvalue weighted by molar-refractivity contribution is 9.10. The monoisotopic (exact) mass is 527 g/mol. The molecule has 8 heteroatoms. The largest absolute Gasteiger partial charge is 0.492 e. The molecule has 0 atom stereocenters. The second-order valence-corrected chi connectivity index (χ2v) is 9.81. The molecule has 2 aliphatic rings. The molecule has 0 radical (unpaired) electrons. The van der Waals surface area contributed by atoms with E-state index in [9.17, 15) is 0 Å². The van der Waals surface area contributed by atoms with Gasteiger partial charge >= 0.3 is 0 Å². The summed E-state index contributed by atoms with van der Waals surface area (Å²) >= 11 is 10.3. The highest BCUT2D eigenvalue weighted by atomic mass is 79.9. The lowest BCUT2D eigenvalue weighted by atomic mass is 10.00. The van der Waals surface area contributed by atoms with Gasteiger partial charge in [-0.2, -0.15) is 5.10 Å². The summed E-state index contributed by atoms with van der Waals surface area (Å²) in [4.78, 5) is 7.51. The average molecular weight is 529 g/mol. The van der Waals surface area contributed by atoms with Gasteiger partial charge in [-0.25, -0.2) is 4.99 Å². The fourth-order valence-corrected chi connectivity index (χ4v) is 5.11. The quantitative estimate of drug-likeness (QED) is 0.276. The predicted octanol–water partition coefficient (Wildman–Crippen LogP) is 6.61. The molecule has 3 heterocycles. The topological polar surface area (TPSA) is 65.5 Å². The molecule has 1 aromatic heterocycles. The van der Waals surface area contributed by atoms with Crippen molar-refractivity contribution in [2.75, 3.05) is 31.6 Å². The minimum atomic E-state index is 0.654. The number of benzene rings is 2. The Morgan fingerprint density at radius 1 is 1.12 bits per heavy atom. The van der Waals surface area contributed by atoms with Crippen molar-refractivity contribution in [3.63, 3.8) is 0 Å². The number of hydrogen-bond donors (Lipinski definition) is 2. The summed E-state index contributed by atoms with van der Waals surface area (Å²) in [5.74, 6) is 1.49. The van der Waals surface area contributed by atoms with Crippen molar-refractivity contribution in [1.82, 2.24) is 15.1 Å². The van der Waals surface area contributed by atoms with Crippen LogP contribution in [0.1, 0.15) is 42.5 Å². The first-order chi connectivity index (χ1) is 16.1. The van der Waals surface area contributed by atoms with Crippen LogP contribution in [0, 0.1) is 6.92 Å². The molecule has 0 spiro atoms. The zero-order valence-corrected chi connectivity index (χ0v) is 21.0. The Labute approximate surface area is 207 Å². The maximum absolute atomic E-state index is 6.57. The van der Waals surface area contributed by atoms with Gasteiger partial charge in [-0.3, -0.25) is 5.10 Å². The number of aliphatic imine (C=N–C) groups is 1. The summed E-state index contributed by atoms with van der Waals surface area (Å²) in [7, 11) is 0. The van der Waals surface area contributed by atoms with Crippen LogP contribution >= 0.6 is 27.5 Å². The Balaban J connectivity index is 1.43. The number of anilines is 2. The number of aromatic amines is 1. The summed E-state index contributed by atoms with van der Waals surface area (Å²) in [5.41, 5.74) is 5.16. The standard InChI is InChI=1S/C25H27BrClN5O/c1-16-23-25(31-30-16)28-21-15-22(33-13-7-12-32-10-5-2-6-11-32)19(26)14-18(21)24(29-23)17-8-3-4-9-20(17)27/h3-4,8-9,14-15H,2,5-7,10-13H2,1H3,(H2,28,30,31). The molecule has 2 aromatic carbocycles. The second kappa shape index (κ2) is 9.87. The van der Waals surface area contributed by atoms with Crippen LogP contribution in [-0.2, 0) is 0 Å². The van der Waals surface area contributed by atoms with Gasteiger partial charge in [0.15, 0.2) is 5.82 Å². The minimum Gasteiger partial charge on any atom is -0.492 e. The van der Waals surface area contributed by atoms with Crippen molar-refractivity contribution in [3.8, 4) is 5.75 Å². The number of likely N-dealkylation sites (tertiary alicyclic amines) is 1. The van der Waals surface area contributed by atoms with Crippen LogP contribution in [-0.4, -0.2) is 47.1 Å². The number of piperidine rings is 1. The molecule has 3 aromatic rings. The number of nitrogens with zero attached hydrogens (tertiary/aromatic N) is 3. The van der Waals surface area contributed by atoms with Crippen molar-refractivity contribution >= 4 is 50.4 Å². The molecule has 0 saturated carbocycles. The van der Waals surface area contributed by atoms with Gasteiger partial charge in [0.2, 0.25) is 0 Å². The van der Waals surface area contributed by atoms with Crippen LogP contribution in [0.25, 0.3) is 0 Å². The summed E-state index contributed by atoms with van der Waals surface area (Å²) in [6.07, 6.45) is 4.99. The fourth-order valence-electron chi connectivity index (χ4n) is 4.42. The van der Waals surface area contributed by atoms with E-state index in [1.165, 1.54) is 32.4 Å². The first kappa shape index (κ1) is 22.4. The highest BCUT2D eigenvalue weighted by Gasteiger charge is 2.24. The molecule has 6 nitrogen and oxygen atoms in total. The van der Waals surface area contributed by atoms with E-state index in [-0.39, 0.29) is 0 Å². The predicted molar refractivity (Wildman–Crippen MR) is 138 cm³/mol. The molecule has 0 bridgehead atoms. The average Bonchev–Trinajstić information content (AvgIpc) is 3.08. The van der Waals surface area contributed by atoms with Crippen LogP contribution in [0.3, 0.4) is 0 Å². The first-order valence-electron chi connectivity index (χ1n) is 11.4. The molecular weight excluding hydrogens is 502 g/mol. The van der Waals surface area contributed by atoms with E-state index >= 15 is 0 Å². The van der Waals surface area contributed by atoms with Gasteiger partial charge in [0.1, 0.15) is 11.4 Å². The highest BCUT2D eigenvalue weighted by Crippen LogP contribution is 2.41. The zero-order valence-electron chi connectivity index (χ0n) is 18.6. The Bertz CT molecular complexity index is 1190. The SMILES string of the molecule is Cc1[nH]nc2c1N=C(c1ccccc1Cl)c1cc(Br)c(OCCCN3CCCCC3)cc1N2. The number of hydrogen-bond acceptors (Lipinski definition) is 5. The number of H-pyrrole nitrogens is 1. The zero-order chi connectivity index (χ0) is 22.8. The summed E-state index contributed by atoms with van der Waals surface area (Å²) in [6, 6.07) is 11.8. The molecule has 33 heavy (non-hydrogen) atoms. The van der Waals surface area contributed by atoms with Crippen LogP contribution in [0.4, 0.5) is 17.2 Å². The third kappa shape index (κ3) is 4.81. The number of rotatable bonds is 6. The summed E-state index contributed by atoms with van der Waals surface area (Å²) in [5, 5.41) is 11.5. The van der Waals surface area contributed by atoms with E-state index in [1.807, 2.05) is 37.3 Å². The van der Waals surface area contributed by atoms with E-state index in [0.717, 1.165) is 57.1 Å². The Morgan fingerprint density at radius 3 is 2.76 bits per heavy atom. The molecule has 172 valence electrons. The molecular formula is C25H27BrClN5O. The summed E-state index contributed by atoms with van der Waals surface area (Å²) < 4.78 is 7.07. The van der Waals surface area contributed by atoms with Crippen LogP contribution in [0.2, 0.25) is 5.02 Å². The third-order valence-electron chi connectivity index (χ3n) is 6.17. The van der Waals surface area contributed by atoms with E-state index in [1.54, 1.807) is 0 Å². The molecule has 1 fully saturated rings. The number of halogens is 2. The van der Waals surface area contributed by atoms with Gasteiger partial charge in [-0.15, -0.1) is 0 Å². The third-order valence-corrected chi connectivity index (χ3v) is 7.12. The Morgan fingerprint density at radius 2 is 1.94 bits per heavy atom. The molecule has 5 rings (SSSR count). The number of aryl methyl sites for hydroxylation is 1. The molecule has 0 amide bonds. The normalized spacial score (nSPS) is 15.8. The number of nitrogens with one attached hydrogen (secondary N) is 2. The minimum absolute atomic E-state index is 0.654. The lowest BCUT2D eigenvalue weighted by Gasteiger charge is -2.26. The first-order valence-corrected chi connectivity index (χ1v) is 12.6. The Kier molecular flexibility index (Phi) is 6.71. The van der Waals surface area contributed by atoms with Crippen LogP contribution in [0.15, 0.2) is 45.9 Å². The van der Waals surface area contributed by atoms with Gasteiger partial charge < -0.3 is 15.0 Å². The van der Waals surface area contributed by atoms with Crippen molar-refractivity contribution in [2.24, 2.45) is 4.99 Å². The van der Waals surface area contributed by atoms with E-state index in [4.69, 9.17) is 21.3 Å². The molecule has 2 aliphatic heterocycles. The molecule has 2 N–H and O–H groups in total. The Hall–Kier alpha value is -2.35. The fraction of sp³-hybridized carbons (Fsp3) is 0.360. The van der Waals surface area contributed by atoms with Crippen molar-refractivity contribution < 1.29 is 4.74 Å². The smallest absolute Gasteiger partial charge is 0.178 e. The van der Waals surface area contributed by atoms with Gasteiger partial charge in [0.05, 0.1) is 28.2 Å². The number of fused-ring (bicyclic) bond motifs is 2. The summed E-state index contributed by atoms with van der Waals surface area (Å²) in [6.45, 7) is 6.14. The number of ether oxygens (including phenoxy) is 1. The van der Waals surface area contributed by atoms with Gasteiger partial charge in [0.25, 0.3) is 0 Å². The lowest BCUT2D eigenvalue weighted by molar-refractivity contribution is 0.204. The molecule has 0 aliphatic carbocycles. The van der Waals surface area contributed by atoms with Gasteiger partial charge in [-0.1, -0.05) is 36.2 Å². The molecule has 0 unspecified atom stereocenters. The lowest BCUT2D eigenvalue weighted by Crippen LogP contribution is -2.31. The van der Waals surface area contributed by atoms with Crippen molar-refractivity contribution in [3.05, 3.63) is 62.7 Å². The van der Waals surface area contributed by atoms with E-state index in [0.29, 0.717) is 17.4 Å². The second-order valence-electron chi connectivity index (χ2n) is 8.54. The maximum Gasteiger partial charge on any atom is 0.178 e. The van der Waals surface area contributed by atoms with Gasteiger partial charge in [-0.05, 0) is 67.3 Å². The van der Waals surface area contributed by atoms with Crippen LogP contribution < -0.4 is 10.1 Å². The van der Waals surface area contributed by atoms with Crippen LogP contribution in [0.5, 0.6) is 5.75 Å². The van der Waals surface area contributed by atoms with Crippen molar-refractivity contribution in [2.45, 2.75) is 32.6 Å². The van der Waals surface area contributed by atoms with Crippen molar-refractivity contribution in [1.29, 1.82) is 0 Å². The van der Waals surface area contributed by atoms with Gasteiger partial charge in [0, 0.05) is 28.8 Å². The maximum atomic E-state index is 6.57. The molecule has 1 saturated heterocycles. The van der Waals surface area contributed by atoms with E-state index in [2.05, 4.69) is 42.4 Å².